The number of nitrogens with zero attached hydrogens (tertiary/aromatic N) is 1. The van der Waals surface area contributed by atoms with Crippen LogP contribution in [0.2, 0.25) is 0 Å². The number of ether oxygens (including phenoxy) is 1. The summed E-state index contributed by atoms with van der Waals surface area (Å²) in [6.07, 6.45) is 1.58. The maximum atomic E-state index is 12.5. The molecule has 0 radical (unpaired) electrons. The molecule has 5 nitrogen and oxygen atoms in total. The SMILES string of the molecule is COc1ncccc1CS(=O)c1cc(Br)ccc1C(=O)O. The Morgan fingerprint density at radius 1 is 1.43 bits per heavy atom. The number of carboxylic acids is 1. The Morgan fingerprint density at radius 3 is 2.86 bits per heavy atom. The number of methoxy groups -OCH3 is 1. The summed E-state index contributed by atoms with van der Waals surface area (Å²) in [6.45, 7) is 0. The number of aromatic carboxylic acids is 1. The minimum Gasteiger partial charge on any atom is -0.481 e. The summed E-state index contributed by atoms with van der Waals surface area (Å²) in [5.74, 6) is -0.588. The van der Waals surface area contributed by atoms with Crippen LogP contribution in [0.4, 0.5) is 0 Å². The molecule has 1 heterocycles. The molecule has 0 aliphatic heterocycles. The van der Waals surface area contributed by atoms with Crippen molar-refractivity contribution in [2.24, 2.45) is 0 Å². The summed E-state index contributed by atoms with van der Waals surface area (Å²) in [6, 6.07) is 8.06. The van der Waals surface area contributed by atoms with Gasteiger partial charge in [-0.3, -0.25) is 4.21 Å². The topological polar surface area (TPSA) is 76.5 Å². The van der Waals surface area contributed by atoms with E-state index < -0.39 is 16.8 Å². The lowest BCUT2D eigenvalue weighted by atomic mass is 10.2. The Balaban J connectivity index is 2.37. The standard InChI is InChI=1S/C14H12BrNO4S/c1-20-13-9(3-2-6-16-13)8-21(19)12-7-10(15)4-5-11(12)14(17)18/h2-7H,8H2,1H3,(H,17,18). The Kier molecular flexibility index (Phi) is 5.08. The molecular formula is C14H12BrNO4S. The molecule has 0 saturated carbocycles. The van der Waals surface area contributed by atoms with Gasteiger partial charge in [-0.15, -0.1) is 0 Å². The van der Waals surface area contributed by atoms with Gasteiger partial charge in [-0.1, -0.05) is 22.0 Å². The van der Waals surface area contributed by atoms with Gasteiger partial charge in [0.05, 0.1) is 34.1 Å². The fraction of sp³-hybridized carbons (Fsp3) is 0.143. The molecular weight excluding hydrogens is 358 g/mol. The van der Waals surface area contributed by atoms with Crippen molar-refractivity contribution in [3.05, 3.63) is 52.1 Å². The monoisotopic (exact) mass is 369 g/mol. The van der Waals surface area contributed by atoms with E-state index in [1.54, 1.807) is 30.5 Å². The van der Waals surface area contributed by atoms with E-state index >= 15 is 0 Å². The molecule has 0 aliphatic carbocycles. The second-order valence-corrected chi connectivity index (χ2v) is 6.44. The third-order valence-corrected chi connectivity index (χ3v) is 4.64. The fourth-order valence-electron chi connectivity index (χ4n) is 1.80. The van der Waals surface area contributed by atoms with Crippen molar-refractivity contribution in [1.29, 1.82) is 0 Å². The highest BCUT2D eigenvalue weighted by Crippen LogP contribution is 2.24. The van der Waals surface area contributed by atoms with Crippen LogP contribution >= 0.6 is 15.9 Å². The average molecular weight is 370 g/mol. The average Bonchev–Trinajstić information content (AvgIpc) is 2.47. The Morgan fingerprint density at radius 2 is 2.19 bits per heavy atom. The van der Waals surface area contributed by atoms with Crippen molar-refractivity contribution < 1.29 is 18.8 Å². The van der Waals surface area contributed by atoms with E-state index in [0.29, 0.717) is 15.9 Å². The molecule has 1 aromatic heterocycles. The lowest BCUT2D eigenvalue weighted by molar-refractivity contribution is 0.0693. The van der Waals surface area contributed by atoms with Crippen molar-refractivity contribution in [3.63, 3.8) is 0 Å². The van der Waals surface area contributed by atoms with E-state index in [9.17, 15) is 14.1 Å². The normalized spacial score (nSPS) is 11.9. The summed E-state index contributed by atoms with van der Waals surface area (Å²) >= 11 is 3.26. The zero-order chi connectivity index (χ0) is 15.4. The number of halogens is 1. The van der Waals surface area contributed by atoms with Crippen LogP contribution in [0, 0.1) is 0 Å². The maximum absolute atomic E-state index is 12.5. The lowest BCUT2D eigenvalue weighted by Gasteiger charge is -2.09. The second kappa shape index (κ2) is 6.82. The minimum atomic E-state index is -1.52. The highest BCUT2D eigenvalue weighted by molar-refractivity contribution is 9.10. The first-order valence-electron chi connectivity index (χ1n) is 5.92. The maximum Gasteiger partial charge on any atom is 0.336 e. The number of rotatable bonds is 5. The predicted molar refractivity (Wildman–Crippen MR) is 82.0 cm³/mol. The highest BCUT2D eigenvalue weighted by atomic mass is 79.9. The lowest BCUT2D eigenvalue weighted by Crippen LogP contribution is -2.07. The Hall–Kier alpha value is -1.73. The Labute approximate surface area is 132 Å². The molecule has 1 atom stereocenters. The van der Waals surface area contributed by atoms with E-state index in [1.807, 2.05) is 0 Å². The van der Waals surface area contributed by atoms with Crippen molar-refractivity contribution in [2.75, 3.05) is 7.11 Å². The number of carboxylic acid groups (broad SMARTS) is 1. The van der Waals surface area contributed by atoms with Gasteiger partial charge in [-0.05, 0) is 24.3 Å². The first-order valence-corrected chi connectivity index (χ1v) is 8.03. The summed E-state index contributed by atoms with van der Waals surface area (Å²) in [5.41, 5.74) is 0.689. The number of carbonyl (C=O) groups is 1. The number of benzene rings is 1. The van der Waals surface area contributed by atoms with E-state index in [-0.39, 0.29) is 16.2 Å². The predicted octanol–water partition coefficient (Wildman–Crippen LogP) is 2.86. The van der Waals surface area contributed by atoms with Crippen molar-refractivity contribution in [2.45, 2.75) is 10.6 Å². The molecule has 2 aromatic rings. The van der Waals surface area contributed by atoms with Crippen molar-refractivity contribution >= 4 is 32.7 Å². The second-order valence-electron chi connectivity index (χ2n) is 4.11. The number of hydrogen-bond acceptors (Lipinski definition) is 4. The van der Waals surface area contributed by atoms with Gasteiger partial charge in [-0.2, -0.15) is 0 Å². The molecule has 0 bridgehead atoms. The van der Waals surface area contributed by atoms with Gasteiger partial charge in [0, 0.05) is 16.2 Å². The van der Waals surface area contributed by atoms with Crippen molar-refractivity contribution in [3.8, 4) is 5.88 Å². The van der Waals surface area contributed by atoms with E-state index in [0.717, 1.165) is 0 Å². The number of aromatic nitrogens is 1. The molecule has 110 valence electrons. The zero-order valence-corrected chi connectivity index (χ0v) is 13.5. The molecule has 21 heavy (non-hydrogen) atoms. The molecule has 1 aromatic carbocycles. The van der Waals surface area contributed by atoms with Gasteiger partial charge in [0.2, 0.25) is 5.88 Å². The third-order valence-electron chi connectivity index (χ3n) is 2.75. The summed E-state index contributed by atoms with van der Waals surface area (Å²) in [7, 11) is -0.0368. The first kappa shape index (κ1) is 15.7. The smallest absolute Gasteiger partial charge is 0.336 e. The molecule has 0 amide bonds. The molecule has 1 unspecified atom stereocenters. The van der Waals surface area contributed by atoms with Gasteiger partial charge in [0.1, 0.15) is 0 Å². The van der Waals surface area contributed by atoms with E-state index in [1.165, 1.54) is 13.2 Å². The number of hydrogen-bond donors (Lipinski definition) is 1. The number of pyridine rings is 1. The van der Waals surface area contributed by atoms with E-state index in [4.69, 9.17) is 4.74 Å². The highest BCUT2D eigenvalue weighted by Gasteiger charge is 2.17. The quantitative estimate of drug-likeness (QED) is 0.876. The van der Waals surface area contributed by atoms with Crippen LogP contribution in [0.1, 0.15) is 15.9 Å². The van der Waals surface area contributed by atoms with Gasteiger partial charge >= 0.3 is 5.97 Å². The van der Waals surface area contributed by atoms with Crippen LogP contribution < -0.4 is 4.74 Å². The molecule has 1 N–H and O–H groups in total. The summed E-state index contributed by atoms with van der Waals surface area (Å²) in [4.78, 5) is 15.5. The molecule has 0 saturated heterocycles. The van der Waals surface area contributed by atoms with Crippen LogP contribution in [0.3, 0.4) is 0 Å². The van der Waals surface area contributed by atoms with Crippen LogP contribution in [-0.4, -0.2) is 27.4 Å². The molecule has 0 aliphatic rings. The zero-order valence-electron chi connectivity index (χ0n) is 11.1. The molecule has 2 rings (SSSR count). The van der Waals surface area contributed by atoms with Gasteiger partial charge in [0.15, 0.2) is 0 Å². The Bertz CT molecular complexity index is 705. The van der Waals surface area contributed by atoms with E-state index in [2.05, 4.69) is 20.9 Å². The van der Waals surface area contributed by atoms with Gasteiger partial charge < -0.3 is 9.84 Å². The van der Waals surface area contributed by atoms with Crippen LogP contribution in [0.25, 0.3) is 0 Å². The molecule has 0 fully saturated rings. The van der Waals surface area contributed by atoms with Gasteiger partial charge in [-0.25, -0.2) is 9.78 Å². The summed E-state index contributed by atoms with van der Waals surface area (Å²) < 4.78 is 18.3. The molecule has 7 heteroatoms. The van der Waals surface area contributed by atoms with Crippen LogP contribution in [0.15, 0.2) is 45.9 Å². The van der Waals surface area contributed by atoms with Crippen LogP contribution in [0.5, 0.6) is 5.88 Å². The van der Waals surface area contributed by atoms with Gasteiger partial charge in [0.25, 0.3) is 0 Å². The summed E-state index contributed by atoms with van der Waals surface area (Å²) in [5, 5.41) is 9.19. The first-order chi connectivity index (χ1) is 10.0. The minimum absolute atomic E-state index is 0.0272. The van der Waals surface area contributed by atoms with Crippen LogP contribution in [-0.2, 0) is 16.6 Å². The van der Waals surface area contributed by atoms with Crippen molar-refractivity contribution in [1.82, 2.24) is 4.98 Å². The molecule has 0 spiro atoms. The largest absolute Gasteiger partial charge is 0.481 e. The third kappa shape index (κ3) is 3.68. The fourth-order valence-corrected chi connectivity index (χ4v) is 3.63.